The zero-order chi connectivity index (χ0) is 14.8. The maximum Gasteiger partial charge on any atom is 0.122 e. The van der Waals surface area contributed by atoms with E-state index in [0.29, 0.717) is 4.75 Å². The predicted molar refractivity (Wildman–Crippen MR) is 87.1 cm³/mol. The SMILES string of the molecule is CC(C)(C)NCc1ccoc1CN1CCSC(C)(C)C1. The predicted octanol–water partition coefficient (Wildman–Crippen LogP) is 3.50. The minimum absolute atomic E-state index is 0.137. The Labute approximate surface area is 127 Å². The highest BCUT2D eigenvalue weighted by Crippen LogP contribution is 2.30. The lowest BCUT2D eigenvalue weighted by atomic mass is 10.1. The van der Waals surface area contributed by atoms with Crippen LogP contribution in [0.2, 0.25) is 0 Å². The lowest BCUT2D eigenvalue weighted by molar-refractivity contribution is 0.231. The second kappa shape index (κ2) is 6.12. The van der Waals surface area contributed by atoms with Crippen LogP contribution in [0.25, 0.3) is 0 Å². The number of hydrogen-bond donors (Lipinski definition) is 1. The molecule has 0 radical (unpaired) electrons. The molecule has 1 aromatic heterocycles. The van der Waals surface area contributed by atoms with E-state index in [-0.39, 0.29) is 5.54 Å². The first-order valence-corrected chi connectivity index (χ1v) is 8.40. The average molecular weight is 296 g/mol. The summed E-state index contributed by atoms with van der Waals surface area (Å²) in [6.07, 6.45) is 1.82. The van der Waals surface area contributed by atoms with Gasteiger partial charge >= 0.3 is 0 Å². The lowest BCUT2D eigenvalue weighted by Crippen LogP contribution is -2.42. The van der Waals surface area contributed by atoms with Crippen molar-refractivity contribution in [2.24, 2.45) is 0 Å². The lowest BCUT2D eigenvalue weighted by Gasteiger charge is -2.37. The van der Waals surface area contributed by atoms with Gasteiger partial charge in [0.2, 0.25) is 0 Å². The molecule has 0 unspecified atom stereocenters. The Morgan fingerprint density at radius 2 is 2.15 bits per heavy atom. The molecule has 1 aliphatic rings. The molecule has 0 atom stereocenters. The summed E-state index contributed by atoms with van der Waals surface area (Å²) in [6.45, 7) is 15.3. The first kappa shape index (κ1) is 15.9. The molecule has 0 aromatic carbocycles. The van der Waals surface area contributed by atoms with Crippen molar-refractivity contribution in [2.75, 3.05) is 18.8 Å². The van der Waals surface area contributed by atoms with Crippen molar-refractivity contribution in [2.45, 2.75) is 58.0 Å². The number of nitrogens with one attached hydrogen (secondary N) is 1. The molecule has 0 saturated carbocycles. The van der Waals surface area contributed by atoms with Gasteiger partial charge in [-0.15, -0.1) is 0 Å². The molecule has 1 fully saturated rings. The average Bonchev–Trinajstić information content (AvgIpc) is 2.71. The maximum atomic E-state index is 5.71. The Morgan fingerprint density at radius 3 is 2.80 bits per heavy atom. The molecule has 0 bridgehead atoms. The summed E-state index contributed by atoms with van der Waals surface area (Å²) in [5.74, 6) is 2.33. The third-order valence-electron chi connectivity index (χ3n) is 3.52. The van der Waals surface area contributed by atoms with Crippen LogP contribution in [0.3, 0.4) is 0 Å². The monoisotopic (exact) mass is 296 g/mol. The summed E-state index contributed by atoms with van der Waals surface area (Å²) in [4.78, 5) is 2.51. The summed E-state index contributed by atoms with van der Waals surface area (Å²) in [5.41, 5.74) is 1.43. The van der Waals surface area contributed by atoms with Crippen LogP contribution in [0, 0.1) is 0 Å². The van der Waals surface area contributed by atoms with Gasteiger partial charge in [-0.05, 0) is 40.7 Å². The molecule has 1 aliphatic heterocycles. The van der Waals surface area contributed by atoms with Crippen molar-refractivity contribution in [1.29, 1.82) is 0 Å². The molecular formula is C16H28N2OS. The van der Waals surface area contributed by atoms with E-state index in [1.54, 1.807) is 0 Å². The van der Waals surface area contributed by atoms with Gasteiger partial charge in [0.25, 0.3) is 0 Å². The van der Waals surface area contributed by atoms with E-state index >= 15 is 0 Å². The van der Waals surface area contributed by atoms with Gasteiger partial charge in [-0.25, -0.2) is 0 Å². The van der Waals surface area contributed by atoms with E-state index in [2.05, 4.69) is 62.7 Å². The van der Waals surface area contributed by atoms with E-state index in [1.165, 1.54) is 11.3 Å². The number of nitrogens with zero attached hydrogens (tertiary/aromatic N) is 1. The van der Waals surface area contributed by atoms with Crippen LogP contribution in [-0.4, -0.2) is 34.0 Å². The smallest absolute Gasteiger partial charge is 0.122 e. The second-order valence-electron chi connectivity index (χ2n) is 7.29. The van der Waals surface area contributed by atoms with Crippen LogP contribution in [0.4, 0.5) is 0 Å². The highest BCUT2D eigenvalue weighted by atomic mass is 32.2. The first-order chi connectivity index (χ1) is 9.25. The van der Waals surface area contributed by atoms with Gasteiger partial charge in [0.05, 0.1) is 12.8 Å². The van der Waals surface area contributed by atoms with Crippen molar-refractivity contribution in [3.63, 3.8) is 0 Å². The van der Waals surface area contributed by atoms with Gasteiger partial charge in [-0.1, -0.05) is 0 Å². The molecule has 0 aliphatic carbocycles. The van der Waals surface area contributed by atoms with Crippen LogP contribution in [0.5, 0.6) is 0 Å². The standard InChI is InChI=1S/C16H28N2OS/c1-15(2,3)17-10-13-6-8-19-14(13)11-18-7-9-20-16(4,5)12-18/h6,8,17H,7,9-12H2,1-5H3. The Bertz CT molecular complexity index is 434. The molecular weight excluding hydrogens is 268 g/mol. The Morgan fingerprint density at radius 1 is 1.40 bits per heavy atom. The molecule has 1 saturated heterocycles. The highest BCUT2D eigenvalue weighted by Gasteiger charge is 2.27. The summed E-state index contributed by atoms with van der Waals surface area (Å²) in [6, 6.07) is 2.10. The van der Waals surface area contributed by atoms with Crippen LogP contribution in [0.15, 0.2) is 16.7 Å². The molecule has 3 nitrogen and oxygen atoms in total. The fourth-order valence-electron chi connectivity index (χ4n) is 2.48. The van der Waals surface area contributed by atoms with Crippen LogP contribution in [-0.2, 0) is 13.1 Å². The normalized spacial score (nSPS) is 20.2. The Balaban J connectivity index is 1.95. The van der Waals surface area contributed by atoms with E-state index < -0.39 is 0 Å². The van der Waals surface area contributed by atoms with Gasteiger partial charge in [-0.2, -0.15) is 11.8 Å². The van der Waals surface area contributed by atoms with Gasteiger partial charge in [0.15, 0.2) is 0 Å². The minimum atomic E-state index is 0.137. The molecule has 2 heterocycles. The Hall–Kier alpha value is -0.450. The molecule has 20 heavy (non-hydrogen) atoms. The molecule has 1 aromatic rings. The zero-order valence-electron chi connectivity index (χ0n) is 13.5. The highest BCUT2D eigenvalue weighted by molar-refractivity contribution is 8.00. The van der Waals surface area contributed by atoms with Crippen molar-refractivity contribution >= 4 is 11.8 Å². The number of rotatable bonds is 4. The molecule has 1 N–H and O–H groups in total. The van der Waals surface area contributed by atoms with Gasteiger partial charge < -0.3 is 9.73 Å². The largest absolute Gasteiger partial charge is 0.468 e. The van der Waals surface area contributed by atoms with Gasteiger partial charge in [0, 0.05) is 41.2 Å². The van der Waals surface area contributed by atoms with Crippen molar-refractivity contribution in [1.82, 2.24) is 10.2 Å². The van der Waals surface area contributed by atoms with Gasteiger partial charge in [-0.3, -0.25) is 4.90 Å². The van der Waals surface area contributed by atoms with E-state index in [4.69, 9.17) is 4.42 Å². The quantitative estimate of drug-likeness (QED) is 0.920. The maximum absolute atomic E-state index is 5.71. The van der Waals surface area contributed by atoms with Crippen LogP contribution in [0.1, 0.15) is 45.9 Å². The molecule has 114 valence electrons. The number of thioether (sulfide) groups is 1. The fraction of sp³-hybridized carbons (Fsp3) is 0.750. The molecule has 4 heteroatoms. The topological polar surface area (TPSA) is 28.4 Å². The third-order valence-corrected chi connectivity index (χ3v) is 4.82. The van der Waals surface area contributed by atoms with E-state index in [1.807, 2.05) is 6.26 Å². The second-order valence-corrected chi connectivity index (χ2v) is 9.09. The van der Waals surface area contributed by atoms with Crippen LogP contribution < -0.4 is 5.32 Å². The summed E-state index contributed by atoms with van der Waals surface area (Å²) >= 11 is 2.07. The summed E-state index contributed by atoms with van der Waals surface area (Å²) in [7, 11) is 0. The zero-order valence-corrected chi connectivity index (χ0v) is 14.3. The minimum Gasteiger partial charge on any atom is -0.468 e. The van der Waals surface area contributed by atoms with Crippen molar-refractivity contribution in [3.05, 3.63) is 23.7 Å². The molecule has 2 rings (SSSR count). The van der Waals surface area contributed by atoms with E-state index in [0.717, 1.165) is 31.9 Å². The van der Waals surface area contributed by atoms with E-state index in [9.17, 15) is 0 Å². The fourth-order valence-corrected chi connectivity index (χ4v) is 3.65. The number of furan rings is 1. The van der Waals surface area contributed by atoms with Crippen molar-refractivity contribution in [3.8, 4) is 0 Å². The first-order valence-electron chi connectivity index (χ1n) is 7.42. The summed E-state index contributed by atoms with van der Waals surface area (Å²) in [5, 5.41) is 3.54. The molecule has 0 amide bonds. The van der Waals surface area contributed by atoms with Crippen LogP contribution >= 0.6 is 11.8 Å². The molecule has 0 spiro atoms. The summed E-state index contributed by atoms with van der Waals surface area (Å²) < 4.78 is 6.07. The van der Waals surface area contributed by atoms with Crippen molar-refractivity contribution < 1.29 is 4.42 Å². The Kier molecular flexibility index (Phi) is 4.88. The number of hydrogen-bond acceptors (Lipinski definition) is 4. The third kappa shape index (κ3) is 4.83. The van der Waals surface area contributed by atoms with Gasteiger partial charge in [0.1, 0.15) is 5.76 Å².